The number of nitrogens with zero attached hydrogens (tertiary/aromatic N) is 2. The molecule has 7 heteroatoms. The van der Waals surface area contributed by atoms with Gasteiger partial charge in [-0.05, 0) is 42.7 Å². The van der Waals surface area contributed by atoms with E-state index in [9.17, 15) is 4.79 Å². The van der Waals surface area contributed by atoms with Crippen LogP contribution in [0.3, 0.4) is 0 Å². The van der Waals surface area contributed by atoms with Crippen LogP contribution in [0.1, 0.15) is 35.6 Å². The second-order valence-corrected chi connectivity index (χ2v) is 7.11. The second kappa shape index (κ2) is 8.00. The number of aryl methyl sites for hydroxylation is 2. The molecule has 3 atom stereocenters. The molecule has 1 unspecified atom stereocenters. The average Bonchev–Trinajstić information content (AvgIpc) is 3.29. The van der Waals surface area contributed by atoms with Crippen LogP contribution < -0.4 is 20.1 Å². The highest BCUT2D eigenvalue weighted by Crippen LogP contribution is 2.33. The first-order valence-corrected chi connectivity index (χ1v) is 9.16. The molecule has 0 aliphatic carbocycles. The van der Waals surface area contributed by atoms with E-state index in [1.807, 2.05) is 45.4 Å². The summed E-state index contributed by atoms with van der Waals surface area (Å²) in [4.78, 5) is 13.0. The number of carbonyl (C=O) groups excluding carboxylic acids is 1. The lowest BCUT2D eigenvalue weighted by atomic mass is 9.89. The number of amides is 1. The molecule has 1 aromatic carbocycles. The van der Waals surface area contributed by atoms with Crippen LogP contribution in [-0.2, 0) is 11.8 Å². The van der Waals surface area contributed by atoms with Crippen LogP contribution in [0, 0.1) is 12.8 Å². The molecule has 1 amide bonds. The Morgan fingerprint density at radius 1 is 1.30 bits per heavy atom. The van der Waals surface area contributed by atoms with Crippen molar-refractivity contribution in [1.82, 2.24) is 20.4 Å². The Bertz CT molecular complexity index is 818. The molecule has 1 aliphatic rings. The molecule has 7 nitrogen and oxygen atoms in total. The van der Waals surface area contributed by atoms with Gasteiger partial charge in [0.05, 0.1) is 32.4 Å². The zero-order chi connectivity index (χ0) is 19.6. The summed E-state index contributed by atoms with van der Waals surface area (Å²) >= 11 is 0. The standard InChI is InChI=1S/C20H28N4O3/c1-12-6-18(26-4)19(27-5)7-15(12)13(2)23-20(25)17-10-21-9-16(17)14-8-22-24(3)11-14/h6-8,11,13,16-17,21H,9-10H2,1-5H3,(H,23,25)/t13?,16-,17+/m1/s1. The summed E-state index contributed by atoms with van der Waals surface area (Å²) in [5, 5.41) is 10.7. The highest BCUT2D eigenvalue weighted by Gasteiger charge is 2.35. The number of methoxy groups -OCH3 is 2. The number of carbonyl (C=O) groups is 1. The molecule has 146 valence electrons. The van der Waals surface area contributed by atoms with Crippen molar-refractivity contribution in [1.29, 1.82) is 0 Å². The Kier molecular flexibility index (Phi) is 5.70. The van der Waals surface area contributed by atoms with E-state index in [-0.39, 0.29) is 23.8 Å². The molecule has 1 fully saturated rings. The van der Waals surface area contributed by atoms with Gasteiger partial charge in [0.1, 0.15) is 0 Å². The fraction of sp³-hybridized carbons (Fsp3) is 0.500. The van der Waals surface area contributed by atoms with Gasteiger partial charge in [-0.2, -0.15) is 5.10 Å². The first-order valence-electron chi connectivity index (χ1n) is 9.16. The van der Waals surface area contributed by atoms with Gasteiger partial charge >= 0.3 is 0 Å². The monoisotopic (exact) mass is 372 g/mol. The summed E-state index contributed by atoms with van der Waals surface area (Å²) in [6.45, 7) is 5.46. The molecule has 1 aromatic heterocycles. The molecule has 2 aromatic rings. The van der Waals surface area contributed by atoms with Crippen molar-refractivity contribution in [3.05, 3.63) is 41.2 Å². The Morgan fingerprint density at radius 2 is 2.00 bits per heavy atom. The van der Waals surface area contributed by atoms with Crippen molar-refractivity contribution in [3.8, 4) is 11.5 Å². The van der Waals surface area contributed by atoms with Gasteiger partial charge in [-0.15, -0.1) is 0 Å². The Labute approximate surface area is 160 Å². The molecule has 1 saturated heterocycles. The summed E-state index contributed by atoms with van der Waals surface area (Å²) < 4.78 is 12.5. The third-order valence-electron chi connectivity index (χ3n) is 5.30. The second-order valence-electron chi connectivity index (χ2n) is 7.11. The van der Waals surface area contributed by atoms with Crippen molar-refractivity contribution >= 4 is 5.91 Å². The zero-order valence-corrected chi connectivity index (χ0v) is 16.6. The van der Waals surface area contributed by atoms with Crippen LogP contribution in [0.25, 0.3) is 0 Å². The maximum Gasteiger partial charge on any atom is 0.225 e. The Morgan fingerprint density at radius 3 is 2.63 bits per heavy atom. The fourth-order valence-electron chi connectivity index (χ4n) is 3.80. The number of nitrogens with one attached hydrogen (secondary N) is 2. The SMILES string of the molecule is COc1cc(C)c(C(C)NC(=O)[C@H]2CNC[C@@H]2c2cnn(C)c2)cc1OC. The molecule has 3 rings (SSSR count). The fourth-order valence-corrected chi connectivity index (χ4v) is 3.80. The van der Waals surface area contributed by atoms with Crippen LogP contribution in [-0.4, -0.2) is 43.0 Å². The van der Waals surface area contributed by atoms with E-state index in [1.54, 1.807) is 18.9 Å². The lowest BCUT2D eigenvalue weighted by Gasteiger charge is -2.23. The highest BCUT2D eigenvalue weighted by molar-refractivity contribution is 5.81. The van der Waals surface area contributed by atoms with Gasteiger partial charge in [-0.1, -0.05) is 0 Å². The first-order chi connectivity index (χ1) is 12.9. The van der Waals surface area contributed by atoms with E-state index in [4.69, 9.17) is 9.47 Å². The van der Waals surface area contributed by atoms with E-state index < -0.39 is 0 Å². The minimum Gasteiger partial charge on any atom is -0.493 e. The number of hydrogen-bond acceptors (Lipinski definition) is 5. The zero-order valence-electron chi connectivity index (χ0n) is 16.6. The molecule has 0 spiro atoms. The van der Waals surface area contributed by atoms with Crippen LogP contribution in [0.15, 0.2) is 24.5 Å². The Hall–Kier alpha value is -2.54. The van der Waals surface area contributed by atoms with Gasteiger partial charge in [0.15, 0.2) is 11.5 Å². The lowest BCUT2D eigenvalue weighted by molar-refractivity contribution is -0.125. The van der Waals surface area contributed by atoms with Crippen molar-refractivity contribution < 1.29 is 14.3 Å². The number of rotatable bonds is 6. The van der Waals surface area contributed by atoms with Gasteiger partial charge in [0.25, 0.3) is 0 Å². The summed E-state index contributed by atoms with van der Waals surface area (Å²) in [6, 6.07) is 3.74. The number of benzene rings is 1. The van der Waals surface area contributed by atoms with Crippen LogP contribution in [0.5, 0.6) is 11.5 Å². The summed E-state index contributed by atoms with van der Waals surface area (Å²) in [5.74, 6) is 1.42. The number of ether oxygens (including phenoxy) is 2. The molecular formula is C20H28N4O3. The summed E-state index contributed by atoms with van der Waals surface area (Å²) in [7, 11) is 5.12. The smallest absolute Gasteiger partial charge is 0.225 e. The lowest BCUT2D eigenvalue weighted by Crippen LogP contribution is -2.36. The normalized spacial score (nSPS) is 20.3. The minimum atomic E-state index is -0.132. The van der Waals surface area contributed by atoms with Crippen LogP contribution in [0.4, 0.5) is 0 Å². The molecule has 2 N–H and O–H groups in total. The highest BCUT2D eigenvalue weighted by atomic mass is 16.5. The van der Waals surface area contributed by atoms with E-state index in [0.717, 1.165) is 23.2 Å². The summed E-state index contributed by atoms with van der Waals surface area (Å²) in [6.07, 6.45) is 3.83. The molecule has 2 heterocycles. The predicted molar refractivity (Wildman–Crippen MR) is 103 cm³/mol. The largest absolute Gasteiger partial charge is 0.493 e. The van der Waals surface area contributed by atoms with Crippen molar-refractivity contribution in [2.45, 2.75) is 25.8 Å². The number of aromatic nitrogens is 2. The van der Waals surface area contributed by atoms with E-state index in [0.29, 0.717) is 18.0 Å². The van der Waals surface area contributed by atoms with Gasteiger partial charge < -0.3 is 20.1 Å². The predicted octanol–water partition coefficient (Wildman–Crippen LogP) is 1.93. The van der Waals surface area contributed by atoms with E-state index in [1.165, 1.54) is 0 Å². The first kappa shape index (κ1) is 19.2. The number of hydrogen-bond donors (Lipinski definition) is 2. The molecule has 0 bridgehead atoms. The molecule has 0 saturated carbocycles. The topological polar surface area (TPSA) is 77.4 Å². The molecule has 27 heavy (non-hydrogen) atoms. The van der Waals surface area contributed by atoms with Crippen molar-refractivity contribution in [3.63, 3.8) is 0 Å². The molecule has 1 aliphatic heterocycles. The van der Waals surface area contributed by atoms with Gasteiger partial charge in [0.2, 0.25) is 5.91 Å². The third-order valence-corrected chi connectivity index (χ3v) is 5.30. The summed E-state index contributed by atoms with van der Waals surface area (Å²) in [5.41, 5.74) is 3.16. The van der Waals surface area contributed by atoms with Crippen LogP contribution in [0.2, 0.25) is 0 Å². The van der Waals surface area contributed by atoms with Crippen LogP contribution >= 0.6 is 0 Å². The van der Waals surface area contributed by atoms with Crippen molar-refractivity contribution in [2.24, 2.45) is 13.0 Å². The van der Waals surface area contributed by atoms with E-state index in [2.05, 4.69) is 15.7 Å². The minimum absolute atomic E-state index is 0.0514. The molecule has 0 radical (unpaired) electrons. The average molecular weight is 372 g/mol. The third kappa shape index (κ3) is 3.93. The van der Waals surface area contributed by atoms with E-state index >= 15 is 0 Å². The van der Waals surface area contributed by atoms with Crippen molar-refractivity contribution in [2.75, 3.05) is 27.3 Å². The maximum absolute atomic E-state index is 13.0. The van der Waals surface area contributed by atoms with Gasteiger partial charge in [0, 0.05) is 32.3 Å². The van der Waals surface area contributed by atoms with Gasteiger partial charge in [-0.3, -0.25) is 9.48 Å². The maximum atomic E-state index is 13.0. The van der Waals surface area contributed by atoms with Gasteiger partial charge in [-0.25, -0.2) is 0 Å². The quantitative estimate of drug-likeness (QED) is 0.810. The Balaban J connectivity index is 1.75. The molecular weight excluding hydrogens is 344 g/mol.